The molecule has 8 heteroatoms. The lowest BCUT2D eigenvalue weighted by molar-refractivity contribution is 0.0657. The fourth-order valence-corrected chi connectivity index (χ4v) is 3.00. The number of benzene rings is 1. The summed E-state index contributed by atoms with van der Waals surface area (Å²) in [6.45, 7) is 3.82. The smallest absolute Gasteiger partial charge is 0.289 e. The molecule has 0 bridgehead atoms. The molecule has 0 spiro atoms. The zero-order chi connectivity index (χ0) is 19.1. The number of amides is 1. The second-order valence-electron chi connectivity index (χ2n) is 6.03. The quantitative estimate of drug-likeness (QED) is 0.482. The summed E-state index contributed by atoms with van der Waals surface area (Å²) in [5, 5.41) is 3.98. The van der Waals surface area contributed by atoms with E-state index >= 15 is 0 Å². The molecule has 0 unspecified atom stereocenters. The summed E-state index contributed by atoms with van der Waals surface area (Å²) in [6, 6.07) is 10.7. The number of guanidine groups is 1. The Morgan fingerprint density at radius 1 is 1.19 bits per heavy atom. The van der Waals surface area contributed by atoms with Crippen molar-refractivity contribution in [2.75, 3.05) is 46.4 Å². The maximum absolute atomic E-state index is 12.3. The molecular formula is C19H23ClN4O3. The van der Waals surface area contributed by atoms with Gasteiger partial charge < -0.3 is 24.3 Å². The first-order valence-corrected chi connectivity index (χ1v) is 9.22. The molecule has 144 valence electrons. The lowest BCUT2D eigenvalue weighted by Gasteiger charge is -2.36. The summed E-state index contributed by atoms with van der Waals surface area (Å²) in [5.41, 5.74) is 0. The van der Waals surface area contributed by atoms with E-state index in [1.54, 1.807) is 36.2 Å². The predicted molar refractivity (Wildman–Crippen MR) is 104 cm³/mol. The summed E-state index contributed by atoms with van der Waals surface area (Å²) < 4.78 is 10.9. The van der Waals surface area contributed by atoms with Crippen molar-refractivity contribution in [3.63, 3.8) is 0 Å². The molecule has 0 aliphatic carbocycles. The standard InChI is InChI=1S/C19H23ClN4O3/c1-21-19(22-8-14-26-16-6-4-15(20)5-7-16)24-11-9-23(10-12-24)18(25)17-3-2-13-27-17/h2-7,13H,8-12,14H2,1H3,(H,21,22). The van der Waals surface area contributed by atoms with E-state index in [1.165, 1.54) is 6.26 Å². The van der Waals surface area contributed by atoms with Crippen molar-refractivity contribution in [1.82, 2.24) is 15.1 Å². The van der Waals surface area contributed by atoms with Crippen molar-refractivity contribution in [2.24, 2.45) is 4.99 Å². The normalized spacial score (nSPS) is 15.0. The van der Waals surface area contributed by atoms with Crippen LogP contribution in [0.15, 0.2) is 52.1 Å². The monoisotopic (exact) mass is 390 g/mol. The summed E-state index contributed by atoms with van der Waals surface area (Å²) >= 11 is 5.86. The number of nitrogens with one attached hydrogen (secondary N) is 1. The van der Waals surface area contributed by atoms with Gasteiger partial charge in [0.15, 0.2) is 11.7 Å². The van der Waals surface area contributed by atoms with Crippen molar-refractivity contribution in [3.8, 4) is 5.75 Å². The van der Waals surface area contributed by atoms with Crippen molar-refractivity contribution in [2.45, 2.75) is 0 Å². The topological polar surface area (TPSA) is 70.3 Å². The van der Waals surface area contributed by atoms with Gasteiger partial charge in [-0.05, 0) is 36.4 Å². The van der Waals surface area contributed by atoms with Crippen LogP contribution in [0, 0.1) is 0 Å². The van der Waals surface area contributed by atoms with Gasteiger partial charge in [-0.15, -0.1) is 0 Å². The van der Waals surface area contributed by atoms with Crippen LogP contribution in [0.4, 0.5) is 0 Å². The Morgan fingerprint density at radius 2 is 1.89 bits per heavy atom. The molecule has 2 aromatic rings. The Morgan fingerprint density at radius 3 is 2.52 bits per heavy atom. The summed E-state index contributed by atoms with van der Waals surface area (Å²) in [4.78, 5) is 20.6. The molecule has 1 aromatic heterocycles. The van der Waals surface area contributed by atoms with Crippen molar-refractivity contribution in [3.05, 3.63) is 53.4 Å². The van der Waals surface area contributed by atoms with Crippen LogP contribution in [0.3, 0.4) is 0 Å². The number of ether oxygens (including phenoxy) is 1. The highest BCUT2D eigenvalue weighted by molar-refractivity contribution is 6.30. The molecule has 0 radical (unpaired) electrons. The van der Waals surface area contributed by atoms with Gasteiger partial charge in [0.05, 0.1) is 12.8 Å². The summed E-state index contributed by atoms with van der Waals surface area (Å²) in [6.07, 6.45) is 1.52. The van der Waals surface area contributed by atoms with E-state index in [4.69, 9.17) is 20.8 Å². The Balaban J connectivity index is 1.41. The number of nitrogens with zero attached hydrogens (tertiary/aromatic N) is 3. The van der Waals surface area contributed by atoms with E-state index < -0.39 is 0 Å². The number of hydrogen-bond acceptors (Lipinski definition) is 4. The van der Waals surface area contributed by atoms with Gasteiger partial charge in [0, 0.05) is 38.2 Å². The Bertz CT molecular complexity index is 754. The van der Waals surface area contributed by atoms with E-state index in [0.717, 1.165) is 11.7 Å². The van der Waals surface area contributed by atoms with Crippen LogP contribution in [0.25, 0.3) is 0 Å². The molecule has 1 saturated heterocycles. The molecule has 2 heterocycles. The molecule has 1 aliphatic heterocycles. The van der Waals surface area contributed by atoms with Crippen LogP contribution < -0.4 is 10.1 Å². The third kappa shape index (κ3) is 5.17. The minimum absolute atomic E-state index is 0.0704. The largest absolute Gasteiger partial charge is 0.492 e. The average Bonchev–Trinajstić information content (AvgIpc) is 3.24. The van der Waals surface area contributed by atoms with Gasteiger partial charge in [-0.2, -0.15) is 0 Å². The number of hydrogen-bond donors (Lipinski definition) is 1. The van der Waals surface area contributed by atoms with Crippen molar-refractivity contribution in [1.29, 1.82) is 0 Å². The highest BCUT2D eigenvalue weighted by atomic mass is 35.5. The number of carbonyl (C=O) groups is 1. The Hall–Kier alpha value is -2.67. The van der Waals surface area contributed by atoms with Crippen LogP contribution in [-0.2, 0) is 0 Å². The molecule has 1 amide bonds. The van der Waals surface area contributed by atoms with Crippen LogP contribution in [0.5, 0.6) is 5.75 Å². The van der Waals surface area contributed by atoms with Gasteiger partial charge in [-0.3, -0.25) is 9.79 Å². The van der Waals surface area contributed by atoms with E-state index in [1.807, 2.05) is 12.1 Å². The number of rotatable bonds is 5. The molecular weight excluding hydrogens is 368 g/mol. The zero-order valence-corrected chi connectivity index (χ0v) is 16.0. The molecule has 27 heavy (non-hydrogen) atoms. The molecule has 7 nitrogen and oxygen atoms in total. The van der Waals surface area contributed by atoms with Crippen LogP contribution in [-0.4, -0.2) is 68.0 Å². The Kier molecular flexibility index (Phi) is 6.59. The molecule has 1 aliphatic rings. The SMILES string of the molecule is CN=C(NCCOc1ccc(Cl)cc1)N1CCN(C(=O)c2ccco2)CC1. The molecule has 1 N–H and O–H groups in total. The van der Waals surface area contributed by atoms with E-state index in [9.17, 15) is 4.79 Å². The highest BCUT2D eigenvalue weighted by Crippen LogP contribution is 2.15. The fraction of sp³-hybridized carbons (Fsp3) is 0.368. The predicted octanol–water partition coefficient (Wildman–Crippen LogP) is 2.35. The maximum Gasteiger partial charge on any atom is 0.289 e. The van der Waals surface area contributed by atoms with Gasteiger partial charge >= 0.3 is 0 Å². The lowest BCUT2D eigenvalue weighted by Crippen LogP contribution is -2.54. The summed E-state index contributed by atoms with van der Waals surface area (Å²) in [5.74, 6) is 1.89. The second kappa shape index (κ2) is 9.32. The third-order valence-electron chi connectivity index (χ3n) is 4.28. The van der Waals surface area contributed by atoms with Crippen LogP contribution in [0.2, 0.25) is 5.02 Å². The van der Waals surface area contributed by atoms with Gasteiger partial charge in [-0.1, -0.05) is 11.6 Å². The van der Waals surface area contributed by atoms with Gasteiger partial charge in [0.2, 0.25) is 0 Å². The highest BCUT2D eigenvalue weighted by Gasteiger charge is 2.24. The van der Waals surface area contributed by atoms with E-state index in [2.05, 4.69) is 15.2 Å². The average molecular weight is 391 g/mol. The lowest BCUT2D eigenvalue weighted by atomic mass is 10.3. The van der Waals surface area contributed by atoms with Crippen LogP contribution >= 0.6 is 11.6 Å². The van der Waals surface area contributed by atoms with Gasteiger partial charge in [-0.25, -0.2) is 0 Å². The van der Waals surface area contributed by atoms with Crippen molar-refractivity contribution >= 4 is 23.5 Å². The van der Waals surface area contributed by atoms with E-state index in [-0.39, 0.29) is 5.91 Å². The first-order valence-electron chi connectivity index (χ1n) is 8.84. The minimum atomic E-state index is -0.0704. The number of carbonyl (C=O) groups excluding carboxylic acids is 1. The molecule has 1 aromatic carbocycles. The molecule has 1 fully saturated rings. The molecule has 0 saturated carbocycles. The first kappa shape index (κ1) is 19.1. The second-order valence-corrected chi connectivity index (χ2v) is 6.47. The fourth-order valence-electron chi connectivity index (χ4n) is 2.87. The number of furan rings is 1. The first-order chi connectivity index (χ1) is 13.2. The number of aliphatic imine (C=N–C) groups is 1. The third-order valence-corrected chi connectivity index (χ3v) is 4.53. The number of piperazine rings is 1. The molecule has 0 atom stereocenters. The number of halogens is 1. The molecule has 3 rings (SSSR count). The summed E-state index contributed by atoms with van der Waals surface area (Å²) in [7, 11) is 1.75. The Labute approximate surface area is 163 Å². The van der Waals surface area contributed by atoms with Gasteiger partial charge in [0.25, 0.3) is 5.91 Å². The maximum atomic E-state index is 12.3. The zero-order valence-electron chi connectivity index (χ0n) is 15.2. The van der Waals surface area contributed by atoms with Gasteiger partial charge in [0.1, 0.15) is 12.4 Å². The minimum Gasteiger partial charge on any atom is -0.492 e. The van der Waals surface area contributed by atoms with Crippen molar-refractivity contribution < 1.29 is 13.9 Å². The van der Waals surface area contributed by atoms with Crippen LogP contribution in [0.1, 0.15) is 10.6 Å². The van der Waals surface area contributed by atoms with E-state index in [0.29, 0.717) is 50.1 Å².